The number of nitrogens with zero attached hydrogens (tertiary/aromatic N) is 1. The zero-order chi connectivity index (χ0) is 11.9. The van der Waals surface area contributed by atoms with Crippen LogP contribution in [0.1, 0.15) is 25.3 Å². The molecule has 0 spiro atoms. The van der Waals surface area contributed by atoms with Gasteiger partial charge in [0.15, 0.2) is 0 Å². The van der Waals surface area contributed by atoms with Crippen LogP contribution in [0, 0.1) is 5.41 Å². The maximum atomic E-state index is 9.80. The van der Waals surface area contributed by atoms with Gasteiger partial charge in [-0.3, -0.25) is 4.98 Å². The molecule has 88 valence electrons. The van der Waals surface area contributed by atoms with Crippen molar-refractivity contribution in [3.8, 4) is 0 Å². The predicted octanol–water partition coefficient (Wildman–Crippen LogP) is 2.94. The van der Waals surface area contributed by atoms with Crippen molar-refractivity contribution >= 4 is 10.9 Å². The highest BCUT2D eigenvalue weighted by Gasteiger charge is 2.46. The van der Waals surface area contributed by atoms with Gasteiger partial charge < -0.3 is 5.11 Å². The van der Waals surface area contributed by atoms with Crippen LogP contribution >= 0.6 is 0 Å². The Hall–Kier alpha value is -1.41. The summed E-state index contributed by atoms with van der Waals surface area (Å²) in [5.74, 6) is 0. The van der Waals surface area contributed by atoms with E-state index < -0.39 is 0 Å². The smallest absolute Gasteiger partial charge is 0.0702 e. The van der Waals surface area contributed by atoms with Crippen molar-refractivity contribution in [1.82, 2.24) is 4.98 Å². The number of fused-ring (bicyclic) bond motifs is 1. The molecule has 17 heavy (non-hydrogen) atoms. The first-order valence-corrected chi connectivity index (χ1v) is 6.21. The summed E-state index contributed by atoms with van der Waals surface area (Å²) in [6.45, 7) is 1.91. The van der Waals surface area contributed by atoms with Gasteiger partial charge in [0.05, 0.1) is 11.6 Å². The van der Waals surface area contributed by atoms with Crippen LogP contribution in [-0.4, -0.2) is 16.2 Å². The number of rotatable bonds is 3. The third-order valence-corrected chi connectivity index (χ3v) is 4.00. The van der Waals surface area contributed by atoms with Crippen molar-refractivity contribution in [2.45, 2.75) is 32.3 Å². The van der Waals surface area contributed by atoms with E-state index in [9.17, 15) is 5.11 Å². The summed E-state index contributed by atoms with van der Waals surface area (Å²) in [6.07, 6.45) is 4.90. The first kappa shape index (κ1) is 10.7. The summed E-state index contributed by atoms with van der Waals surface area (Å²) in [7, 11) is 0. The lowest BCUT2D eigenvalue weighted by Crippen LogP contribution is -2.20. The molecule has 1 aromatic heterocycles. The predicted molar refractivity (Wildman–Crippen MR) is 68.8 cm³/mol. The molecule has 1 aliphatic rings. The summed E-state index contributed by atoms with van der Waals surface area (Å²) in [4.78, 5) is 4.32. The van der Waals surface area contributed by atoms with E-state index in [1.807, 2.05) is 19.2 Å². The van der Waals surface area contributed by atoms with Crippen LogP contribution in [0.4, 0.5) is 0 Å². The lowest BCUT2D eigenvalue weighted by Gasteiger charge is -2.18. The van der Waals surface area contributed by atoms with E-state index in [0.29, 0.717) is 0 Å². The molecule has 1 heterocycles. The number of aliphatic hydroxyl groups excluding tert-OH is 1. The number of benzene rings is 1. The zero-order valence-corrected chi connectivity index (χ0v) is 10.1. The molecule has 1 fully saturated rings. The topological polar surface area (TPSA) is 33.1 Å². The summed E-state index contributed by atoms with van der Waals surface area (Å²) in [5.41, 5.74) is 2.50. The normalized spacial score (nSPS) is 19.2. The Morgan fingerprint density at radius 1 is 1.35 bits per heavy atom. The van der Waals surface area contributed by atoms with E-state index in [-0.39, 0.29) is 11.5 Å². The Labute approximate surface area is 101 Å². The Morgan fingerprint density at radius 2 is 2.18 bits per heavy atom. The molecule has 1 unspecified atom stereocenters. The van der Waals surface area contributed by atoms with Gasteiger partial charge in [-0.25, -0.2) is 0 Å². The van der Waals surface area contributed by atoms with Crippen molar-refractivity contribution in [3.05, 3.63) is 42.1 Å². The van der Waals surface area contributed by atoms with Crippen molar-refractivity contribution in [1.29, 1.82) is 0 Å². The van der Waals surface area contributed by atoms with Crippen molar-refractivity contribution in [3.63, 3.8) is 0 Å². The standard InChI is InChI=1S/C15H17NO/c1-11(17)15(6-7-15)10-12-4-5-14-13(9-12)3-2-8-16-14/h2-5,8-9,11,17H,6-7,10H2,1H3. The van der Waals surface area contributed by atoms with Gasteiger partial charge in [-0.15, -0.1) is 0 Å². The molecule has 1 aliphatic carbocycles. The maximum absolute atomic E-state index is 9.80. The average Bonchev–Trinajstić information content (AvgIpc) is 3.10. The first-order chi connectivity index (χ1) is 8.20. The molecule has 1 aromatic carbocycles. The molecule has 1 N–H and O–H groups in total. The van der Waals surface area contributed by atoms with E-state index >= 15 is 0 Å². The highest BCUT2D eigenvalue weighted by molar-refractivity contribution is 5.78. The monoisotopic (exact) mass is 227 g/mol. The third-order valence-electron chi connectivity index (χ3n) is 4.00. The number of hydrogen-bond donors (Lipinski definition) is 1. The third kappa shape index (κ3) is 1.93. The van der Waals surface area contributed by atoms with E-state index in [2.05, 4.69) is 29.2 Å². The summed E-state index contributed by atoms with van der Waals surface area (Å²) in [6, 6.07) is 10.5. The van der Waals surface area contributed by atoms with Gasteiger partial charge in [0.1, 0.15) is 0 Å². The number of hydrogen-bond acceptors (Lipinski definition) is 2. The van der Waals surface area contributed by atoms with Crippen LogP contribution in [-0.2, 0) is 6.42 Å². The molecule has 2 nitrogen and oxygen atoms in total. The Morgan fingerprint density at radius 3 is 2.88 bits per heavy atom. The van der Waals surface area contributed by atoms with Crippen LogP contribution in [0.15, 0.2) is 36.5 Å². The molecule has 0 aliphatic heterocycles. The van der Waals surface area contributed by atoms with Crippen molar-refractivity contribution < 1.29 is 5.11 Å². The van der Waals surface area contributed by atoms with Gasteiger partial charge in [-0.1, -0.05) is 12.1 Å². The van der Waals surface area contributed by atoms with Crippen LogP contribution in [0.3, 0.4) is 0 Å². The lowest BCUT2D eigenvalue weighted by atomic mass is 9.91. The summed E-state index contributed by atoms with van der Waals surface area (Å²) >= 11 is 0. The zero-order valence-electron chi connectivity index (χ0n) is 10.1. The van der Waals surface area contributed by atoms with Gasteiger partial charge in [0.2, 0.25) is 0 Å². The molecule has 1 saturated carbocycles. The number of aromatic nitrogens is 1. The average molecular weight is 227 g/mol. The van der Waals surface area contributed by atoms with Gasteiger partial charge in [0, 0.05) is 17.0 Å². The SMILES string of the molecule is CC(O)C1(Cc2ccc3ncccc3c2)CC1. The van der Waals surface area contributed by atoms with Gasteiger partial charge in [0.25, 0.3) is 0 Å². The Balaban J connectivity index is 1.91. The van der Waals surface area contributed by atoms with E-state index in [0.717, 1.165) is 24.8 Å². The second-order valence-corrected chi connectivity index (χ2v) is 5.25. The van der Waals surface area contributed by atoms with Gasteiger partial charge >= 0.3 is 0 Å². The molecule has 1 atom stereocenters. The number of pyridine rings is 1. The van der Waals surface area contributed by atoms with E-state index in [4.69, 9.17) is 0 Å². The number of aliphatic hydroxyl groups is 1. The van der Waals surface area contributed by atoms with Crippen LogP contribution in [0.25, 0.3) is 10.9 Å². The van der Waals surface area contributed by atoms with E-state index in [1.165, 1.54) is 10.9 Å². The second-order valence-electron chi connectivity index (χ2n) is 5.25. The first-order valence-electron chi connectivity index (χ1n) is 6.21. The second kappa shape index (κ2) is 3.81. The minimum Gasteiger partial charge on any atom is -0.393 e. The molecule has 0 amide bonds. The fourth-order valence-corrected chi connectivity index (χ4v) is 2.54. The summed E-state index contributed by atoms with van der Waals surface area (Å²) < 4.78 is 0. The fraction of sp³-hybridized carbons (Fsp3) is 0.400. The molecule has 0 bridgehead atoms. The largest absolute Gasteiger partial charge is 0.393 e. The minimum absolute atomic E-state index is 0.149. The molecule has 0 saturated heterocycles. The van der Waals surface area contributed by atoms with Crippen LogP contribution in [0.5, 0.6) is 0 Å². The molecule has 2 heteroatoms. The molecular weight excluding hydrogens is 210 g/mol. The lowest BCUT2D eigenvalue weighted by molar-refractivity contribution is 0.110. The Kier molecular flexibility index (Phi) is 2.40. The van der Waals surface area contributed by atoms with Crippen molar-refractivity contribution in [2.24, 2.45) is 5.41 Å². The quantitative estimate of drug-likeness (QED) is 0.874. The molecule has 3 rings (SSSR count). The fourth-order valence-electron chi connectivity index (χ4n) is 2.54. The van der Waals surface area contributed by atoms with Crippen LogP contribution in [0.2, 0.25) is 0 Å². The van der Waals surface area contributed by atoms with Gasteiger partial charge in [-0.2, -0.15) is 0 Å². The Bertz CT molecular complexity index is 543. The van der Waals surface area contributed by atoms with Crippen LogP contribution < -0.4 is 0 Å². The van der Waals surface area contributed by atoms with Gasteiger partial charge in [-0.05, 0) is 49.9 Å². The minimum atomic E-state index is -0.202. The van der Waals surface area contributed by atoms with E-state index in [1.54, 1.807) is 0 Å². The molecule has 0 radical (unpaired) electrons. The highest BCUT2D eigenvalue weighted by atomic mass is 16.3. The molecular formula is C15H17NO. The maximum Gasteiger partial charge on any atom is 0.0702 e. The molecule has 2 aromatic rings. The summed E-state index contributed by atoms with van der Waals surface area (Å²) in [5, 5.41) is 11.0. The highest BCUT2D eigenvalue weighted by Crippen LogP contribution is 2.51. The van der Waals surface area contributed by atoms with Crippen molar-refractivity contribution in [2.75, 3.05) is 0 Å².